The topological polar surface area (TPSA) is 49.8 Å². The largest absolute Gasteiger partial charge is 0.487 e. The molecule has 1 aliphatic rings. The van der Waals surface area contributed by atoms with Gasteiger partial charge in [0, 0.05) is 23.5 Å². The lowest BCUT2D eigenvalue weighted by Gasteiger charge is -2.16. The molecule has 1 saturated heterocycles. The molecule has 1 unspecified atom stereocenters. The van der Waals surface area contributed by atoms with Crippen LogP contribution in [0.5, 0.6) is 5.75 Å². The van der Waals surface area contributed by atoms with E-state index in [0.29, 0.717) is 58.6 Å². The van der Waals surface area contributed by atoms with E-state index in [0.717, 1.165) is 5.56 Å². The van der Waals surface area contributed by atoms with Crippen LogP contribution in [0.2, 0.25) is 5.02 Å². The van der Waals surface area contributed by atoms with Gasteiger partial charge in [-0.15, -0.1) is 11.3 Å². The normalized spacial score (nSPS) is 16.8. The van der Waals surface area contributed by atoms with Gasteiger partial charge >= 0.3 is 12.1 Å². The van der Waals surface area contributed by atoms with E-state index < -0.39 is 17.0 Å². The number of nitrogens with zero attached hydrogens (tertiary/aromatic N) is 1. The highest BCUT2D eigenvalue weighted by Crippen LogP contribution is 2.43. The number of ether oxygens (including phenoxy) is 1. The molecule has 0 bridgehead atoms. The number of carboxylic acids is 1. The Morgan fingerprint density at radius 1 is 1.18 bits per heavy atom. The zero-order valence-electron chi connectivity index (χ0n) is 17.4. The van der Waals surface area contributed by atoms with Gasteiger partial charge in [-0.1, -0.05) is 48.0 Å². The van der Waals surface area contributed by atoms with Crippen LogP contribution in [0.3, 0.4) is 0 Å². The van der Waals surface area contributed by atoms with Crippen LogP contribution in [0.4, 0.5) is 13.2 Å². The summed E-state index contributed by atoms with van der Waals surface area (Å²) >= 11 is 7.02. The molecule has 1 aromatic heterocycles. The summed E-state index contributed by atoms with van der Waals surface area (Å²) in [7, 11) is 0. The molecule has 174 valence electrons. The van der Waals surface area contributed by atoms with Crippen molar-refractivity contribution in [2.45, 2.75) is 25.7 Å². The van der Waals surface area contributed by atoms with Crippen LogP contribution >= 0.6 is 22.9 Å². The van der Waals surface area contributed by atoms with Crippen molar-refractivity contribution >= 4 is 28.9 Å². The Kier molecular flexibility index (Phi) is 6.97. The Balaban J connectivity index is 1.44. The summed E-state index contributed by atoms with van der Waals surface area (Å²) in [6, 6.07) is 15.2. The highest BCUT2D eigenvalue weighted by atomic mass is 35.5. The van der Waals surface area contributed by atoms with Crippen molar-refractivity contribution in [3.63, 3.8) is 0 Å². The standard InChI is InChI=1S/C24H21ClF3NO3S/c25-20-10-15(12-29-9-8-17(13-29)23(30)31)6-7-21(20)32-14-18-11-19(16-4-2-1-3-5-16)22(33-18)24(26,27)28/h1-7,10-11,17H,8-9,12-14H2,(H,30,31). The molecule has 3 aromatic rings. The first-order valence-electron chi connectivity index (χ1n) is 10.3. The van der Waals surface area contributed by atoms with Crippen LogP contribution in [0, 0.1) is 5.92 Å². The second kappa shape index (κ2) is 9.75. The third-order valence-corrected chi connectivity index (χ3v) is 6.97. The van der Waals surface area contributed by atoms with E-state index in [1.165, 1.54) is 6.07 Å². The Morgan fingerprint density at radius 2 is 1.94 bits per heavy atom. The summed E-state index contributed by atoms with van der Waals surface area (Å²) < 4.78 is 46.4. The number of carboxylic acid groups (broad SMARTS) is 1. The molecule has 33 heavy (non-hydrogen) atoms. The zero-order chi connectivity index (χ0) is 23.6. The molecule has 0 spiro atoms. The van der Waals surface area contributed by atoms with Crippen LogP contribution in [0.25, 0.3) is 11.1 Å². The number of halogens is 4. The maximum absolute atomic E-state index is 13.6. The first-order valence-corrected chi connectivity index (χ1v) is 11.5. The van der Waals surface area contributed by atoms with Crippen molar-refractivity contribution in [3.8, 4) is 16.9 Å². The summed E-state index contributed by atoms with van der Waals surface area (Å²) in [5, 5.41) is 9.49. The minimum atomic E-state index is -4.46. The SMILES string of the molecule is O=C(O)C1CCN(Cc2ccc(OCc3cc(-c4ccccc4)c(C(F)(F)F)s3)c(Cl)c2)C1. The van der Waals surface area contributed by atoms with Gasteiger partial charge in [-0.2, -0.15) is 13.2 Å². The monoisotopic (exact) mass is 495 g/mol. The van der Waals surface area contributed by atoms with E-state index in [1.54, 1.807) is 42.5 Å². The fraction of sp³-hybridized carbons (Fsp3) is 0.292. The summed E-state index contributed by atoms with van der Waals surface area (Å²) in [6.45, 7) is 1.74. The van der Waals surface area contributed by atoms with Crippen LogP contribution in [-0.2, 0) is 24.1 Å². The lowest BCUT2D eigenvalue weighted by atomic mass is 10.1. The highest BCUT2D eigenvalue weighted by Gasteiger charge is 2.36. The van der Waals surface area contributed by atoms with E-state index in [4.69, 9.17) is 21.4 Å². The number of hydrogen-bond donors (Lipinski definition) is 1. The number of rotatable bonds is 7. The van der Waals surface area contributed by atoms with Gasteiger partial charge in [-0.05, 0) is 42.3 Å². The fourth-order valence-corrected chi connectivity index (χ4v) is 5.12. The van der Waals surface area contributed by atoms with Crippen molar-refractivity contribution in [2.75, 3.05) is 13.1 Å². The molecular weight excluding hydrogens is 475 g/mol. The summed E-state index contributed by atoms with van der Waals surface area (Å²) in [5.74, 6) is -0.748. The van der Waals surface area contributed by atoms with Crippen molar-refractivity contribution in [1.29, 1.82) is 0 Å². The zero-order valence-corrected chi connectivity index (χ0v) is 19.0. The van der Waals surface area contributed by atoms with Crippen LogP contribution in [-0.4, -0.2) is 29.1 Å². The highest BCUT2D eigenvalue weighted by molar-refractivity contribution is 7.12. The fourth-order valence-electron chi connectivity index (χ4n) is 3.90. The van der Waals surface area contributed by atoms with Gasteiger partial charge < -0.3 is 9.84 Å². The molecule has 4 nitrogen and oxygen atoms in total. The van der Waals surface area contributed by atoms with Gasteiger partial charge in [0.2, 0.25) is 0 Å². The van der Waals surface area contributed by atoms with Gasteiger partial charge in [-0.3, -0.25) is 9.69 Å². The quantitative estimate of drug-likeness (QED) is 0.402. The summed E-state index contributed by atoms with van der Waals surface area (Å²) in [4.78, 5) is 13.0. The minimum Gasteiger partial charge on any atom is -0.487 e. The molecule has 1 N–H and O–H groups in total. The van der Waals surface area contributed by atoms with Crippen LogP contribution < -0.4 is 4.74 Å². The molecule has 2 aromatic carbocycles. The van der Waals surface area contributed by atoms with Gasteiger partial charge in [0.05, 0.1) is 10.9 Å². The van der Waals surface area contributed by atoms with E-state index in [-0.39, 0.29) is 18.1 Å². The third kappa shape index (κ3) is 5.69. The van der Waals surface area contributed by atoms with Crippen molar-refractivity contribution in [2.24, 2.45) is 5.92 Å². The molecule has 2 heterocycles. The maximum Gasteiger partial charge on any atom is 0.426 e. The number of hydrogen-bond acceptors (Lipinski definition) is 4. The summed E-state index contributed by atoms with van der Waals surface area (Å²) in [5.41, 5.74) is 1.56. The van der Waals surface area contributed by atoms with E-state index in [9.17, 15) is 18.0 Å². The second-order valence-electron chi connectivity index (χ2n) is 7.93. The number of aliphatic carboxylic acids is 1. The van der Waals surface area contributed by atoms with Gasteiger partial charge in [0.25, 0.3) is 0 Å². The smallest absolute Gasteiger partial charge is 0.426 e. The lowest BCUT2D eigenvalue weighted by molar-refractivity contribution is -0.141. The van der Waals surface area contributed by atoms with Crippen molar-refractivity contribution in [3.05, 3.63) is 74.9 Å². The molecule has 1 aliphatic heterocycles. The Bertz CT molecular complexity index is 1130. The minimum absolute atomic E-state index is 0.0357. The molecule has 0 aliphatic carbocycles. The van der Waals surface area contributed by atoms with E-state index in [2.05, 4.69) is 4.90 Å². The molecular formula is C24H21ClF3NO3S. The first-order chi connectivity index (χ1) is 15.7. The van der Waals surface area contributed by atoms with E-state index >= 15 is 0 Å². The first kappa shape index (κ1) is 23.6. The van der Waals surface area contributed by atoms with Crippen LogP contribution in [0.1, 0.15) is 21.7 Å². The Labute approximate surface area is 198 Å². The average molecular weight is 496 g/mol. The average Bonchev–Trinajstić information content (AvgIpc) is 3.41. The van der Waals surface area contributed by atoms with Crippen molar-refractivity contribution in [1.82, 2.24) is 4.90 Å². The number of thiophene rings is 1. The number of likely N-dealkylation sites (tertiary alicyclic amines) is 1. The van der Waals surface area contributed by atoms with Crippen LogP contribution in [0.15, 0.2) is 54.6 Å². The predicted octanol–water partition coefficient (Wildman–Crippen LogP) is 6.57. The molecule has 1 fully saturated rings. The van der Waals surface area contributed by atoms with Gasteiger partial charge in [0.15, 0.2) is 0 Å². The number of benzene rings is 2. The number of alkyl halides is 3. The Hall–Kier alpha value is -2.55. The second-order valence-corrected chi connectivity index (χ2v) is 9.48. The Morgan fingerprint density at radius 3 is 2.58 bits per heavy atom. The predicted molar refractivity (Wildman–Crippen MR) is 122 cm³/mol. The molecule has 9 heteroatoms. The van der Waals surface area contributed by atoms with Gasteiger partial charge in [-0.25, -0.2) is 0 Å². The molecule has 0 radical (unpaired) electrons. The molecule has 4 rings (SSSR count). The molecule has 0 saturated carbocycles. The lowest BCUT2D eigenvalue weighted by Crippen LogP contribution is -2.22. The van der Waals surface area contributed by atoms with Gasteiger partial charge in [0.1, 0.15) is 17.2 Å². The molecule has 0 amide bonds. The van der Waals surface area contributed by atoms with Crippen molar-refractivity contribution < 1.29 is 27.8 Å². The maximum atomic E-state index is 13.6. The molecule has 1 atom stereocenters. The van der Waals surface area contributed by atoms with E-state index in [1.807, 2.05) is 6.07 Å². The number of carbonyl (C=O) groups is 1. The summed E-state index contributed by atoms with van der Waals surface area (Å²) in [6.07, 6.45) is -3.83. The third-order valence-electron chi connectivity index (χ3n) is 5.52.